The van der Waals surface area contributed by atoms with Crippen molar-refractivity contribution in [2.24, 2.45) is 11.7 Å². The molecule has 0 bridgehead atoms. The van der Waals surface area contributed by atoms with Crippen molar-refractivity contribution in [3.63, 3.8) is 0 Å². The van der Waals surface area contributed by atoms with Gasteiger partial charge in [0.2, 0.25) is 0 Å². The first-order valence-corrected chi connectivity index (χ1v) is 6.36. The maximum atomic E-state index is 10.4. The number of benzene rings is 1. The van der Waals surface area contributed by atoms with Gasteiger partial charge in [0.1, 0.15) is 0 Å². The van der Waals surface area contributed by atoms with Crippen LogP contribution in [0.15, 0.2) is 36.7 Å². The van der Waals surface area contributed by atoms with Gasteiger partial charge in [0, 0.05) is 29.4 Å². The molecular formula is C15H20N2O. The summed E-state index contributed by atoms with van der Waals surface area (Å²) in [5.74, 6) is 0.470. The summed E-state index contributed by atoms with van der Waals surface area (Å²) < 4.78 is 0. The Kier molecular flexibility index (Phi) is 3.94. The van der Waals surface area contributed by atoms with E-state index >= 15 is 0 Å². The molecule has 2 unspecified atom stereocenters. The van der Waals surface area contributed by atoms with Gasteiger partial charge in [0.05, 0.1) is 6.10 Å². The van der Waals surface area contributed by atoms with Gasteiger partial charge in [-0.3, -0.25) is 4.98 Å². The number of hydrogen-bond acceptors (Lipinski definition) is 3. The number of pyridine rings is 1. The Bertz CT molecular complexity index is 519. The van der Waals surface area contributed by atoms with Crippen LogP contribution in [0.2, 0.25) is 0 Å². The number of nitrogens with zero attached hydrogens (tertiary/aromatic N) is 1. The lowest BCUT2D eigenvalue weighted by atomic mass is 9.93. The van der Waals surface area contributed by atoms with Gasteiger partial charge < -0.3 is 10.8 Å². The quantitative estimate of drug-likeness (QED) is 0.869. The minimum absolute atomic E-state index is 0.252. The number of fused-ring (bicyclic) bond motifs is 1. The Morgan fingerprint density at radius 2 is 1.94 bits per heavy atom. The van der Waals surface area contributed by atoms with E-state index in [0.717, 1.165) is 22.8 Å². The van der Waals surface area contributed by atoms with Crippen LogP contribution in [0.25, 0.3) is 10.8 Å². The molecule has 96 valence electrons. The Balaban J connectivity index is 2.35. The number of rotatable bonds is 4. The number of aliphatic hydroxyl groups excluding tert-OH is 1. The summed E-state index contributed by atoms with van der Waals surface area (Å²) in [7, 11) is 0. The Morgan fingerprint density at radius 1 is 1.22 bits per heavy atom. The third kappa shape index (κ3) is 2.68. The van der Waals surface area contributed by atoms with Crippen molar-refractivity contribution in [3.8, 4) is 0 Å². The highest BCUT2D eigenvalue weighted by atomic mass is 16.3. The van der Waals surface area contributed by atoms with Crippen LogP contribution in [0.3, 0.4) is 0 Å². The second-order valence-electron chi connectivity index (χ2n) is 5.19. The predicted octanol–water partition coefficient (Wildman–Crippen LogP) is 2.64. The number of aliphatic hydroxyl groups is 1. The first-order valence-electron chi connectivity index (χ1n) is 6.36. The molecule has 0 fully saturated rings. The van der Waals surface area contributed by atoms with Crippen LogP contribution in [0.5, 0.6) is 0 Å². The fourth-order valence-corrected chi connectivity index (χ4v) is 2.28. The number of aromatic nitrogens is 1. The first-order chi connectivity index (χ1) is 8.59. The zero-order valence-corrected chi connectivity index (χ0v) is 10.9. The summed E-state index contributed by atoms with van der Waals surface area (Å²) in [5.41, 5.74) is 6.88. The van der Waals surface area contributed by atoms with E-state index in [1.54, 1.807) is 12.4 Å². The number of nitrogens with two attached hydrogens (primary N) is 1. The minimum Gasteiger partial charge on any atom is -0.387 e. The maximum absolute atomic E-state index is 10.4. The van der Waals surface area contributed by atoms with Crippen molar-refractivity contribution in [3.05, 3.63) is 42.2 Å². The molecule has 2 atom stereocenters. The van der Waals surface area contributed by atoms with Gasteiger partial charge in [-0.25, -0.2) is 0 Å². The van der Waals surface area contributed by atoms with Crippen LogP contribution in [0.4, 0.5) is 0 Å². The third-order valence-corrected chi connectivity index (χ3v) is 3.17. The zero-order chi connectivity index (χ0) is 13.1. The fraction of sp³-hybridized carbons (Fsp3) is 0.400. The van der Waals surface area contributed by atoms with Gasteiger partial charge in [-0.2, -0.15) is 0 Å². The molecule has 0 amide bonds. The first kappa shape index (κ1) is 13.0. The molecule has 3 heteroatoms. The minimum atomic E-state index is -0.661. The molecule has 1 heterocycles. The SMILES string of the molecule is CC(C)CC(N)C(O)c1cncc2ccccc12. The van der Waals surface area contributed by atoms with Gasteiger partial charge in [-0.05, 0) is 17.7 Å². The molecule has 0 aliphatic carbocycles. The van der Waals surface area contributed by atoms with E-state index in [0.29, 0.717) is 5.92 Å². The Labute approximate surface area is 108 Å². The van der Waals surface area contributed by atoms with E-state index in [1.165, 1.54) is 0 Å². The fourth-order valence-electron chi connectivity index (χ4n) is 2.28. The summed E-state index contributed by atoms with van der Waals surface area (Å²) in [4.78, 5) is 4.18. The Morgan fingerprint density at radius 3 is 2.67 bits per heavy atom. The van der Waals surface area contributed by atoms with Crippen LogP contribution in [0.1, 0.15) is 31.9 Å². The van der Waals surface area contributed by atoms with Gasteiger partial charge >= 0.3 is 0 Å². The molecule has 0 radical (unpaired) electrons. The predicted molar refractivity (Wildman–Crippen MR) is 74.1 cm³/mol. The molecule has 0 spiro atoms. The smallest absolute Gasteiger partial charge is 0.0961 e. The molecule has 1 aromatic heterocycles. The topological polar surface area (TPSA) is 59.1 Å². The average Bonchev–Trinajstić information content (AvgIpc) is 2.36. The molecule has 0 saturated carbocycles. The Hall–Kier alpha value is -1.45. The largest absolute Gasteiger partial charge is 0.387 e. The summed E-state index contributed by atoms with van der Waals surface area (Å²) in [6.07, 6.45) is 3.66. The summed E-state index contributed by atoms with van der Waals surface area (Å²) in [5, 5.41) is 12.4. The van der Waals surface area contributed by atoms with Crippen molar-refractivity contribution in [1.82, 2.24) is 4.98 Å². The zero-order valence-electron chi connectivity index (χ0n) is 10.9. The van der Waals surface area contributed by atoms with Gasteiger partial charge in [-0.1, -0.05) is 38.1 Å². The van der Waals surface area contributed by atoms with Crippen molar-refractivity contribution in [1.29, 1.82) is 0 Å². The molecule has 0 saturated heterocycles. The molecular weight excluding hydrogens is 224 g/mol. The van der Waals surface area contributed by atoms with E-state index in [-0.39, 0.29) is 6.04 Å². The van der Waals surface area contributed by atoms with Gasteiger partial charge in [-0.15, -0.1) is 0 Å². The van der Waals surface area contributed by atoms with E-state index in [4.69, 9.17) is 5.73 Å². The second kappa shape index (κ2) is 5.46. The van der Waals surface area contributed by atoms with Crippen LogP contribution < -0.4 is 5.73 Å². The lowest BCUT2D eigenvalue weighted by Crippen LogP contribution is -2.30. The second-order valence-corrected chi connectivity index (χ2v) is 5.19. The van der Waals surface area contributed by atoms with Crippen LogP contribution >= 0.6 is 0 Å². The normalized spacial score (nSPS) is 14.9. The lowest BCUT2D eigenvalue weighted by Gasteiger charge is -2.21. The van der Waals surface area contributed by atoms with E-state index in [2.05, 4.69) is 18.8 Å². The molecule has 2 rings (SSSR count). The molecule has 2 aromatic rings. The maximum Gasteiger partial charge on any atom is 0.0961 e. The van der Waals surface area contributed by atoms with Crippen LogP contribution in [-0.2, 0) is 0 Å². The highest BCUT2D eigenvalue weighted by molar-refractivity contribution is 5.84. The monoisotopic (exact) mass is 244 g/mol. The van der Waals surface area contributed by atoms with Crippen molar-refractivity contribution >= 4 is 10.8 Å². The van der Waals surface area contributed by atoms with E-state index in [9.17, 15) is 5.11 Å². The average molecular weight is 244 g/mol. The molecule has 3 N–H and O–H groups in total. The highest BCUT2D eigenvalue weighted by Crippen LogP contribution is 2.26. The summed E-state index contributed by atoms with van der Waals surface area (Å²) >= 11 is 0. The van der Waals surface area contributed by atoms with Crippen molar-refractivity contribution in [2.45, 2.75) is 32.4 Å². The van der Waals surface area contributed by atoms with Gasteiger partial charge in [0.15, 0.2) is 0 Å². The summed E-state index contributed by atoms with van der Waals surface area (Å²) in [6, 6.07) is 7.67. The number of hydrogen-bond donors (Lipinski definition) is 2. The van der Waals surface area contributed by atoms with Crippen LogP contribution in [0, 0.1) is 5.92 Å². The van der Waals surface area contributed by atoms with E-state index < -0.39 is 6.10 Å². The van der Waals surface area contributed by atoms with Gasteiger partial charge in [0.25, 0.3) is 0 Å². The van der Waals surface area contributed by atoms with Crippen LogP contribution in [-0.4, -0.2) is 16.1 Å². The molecule has 3 nitrogen and oxygen atoms in total. The lowest BCUT2D eigenvalue weighted by molar-refractivity contribution is 0.137. The molecule has 0 aliphatic rings. The standard InChI is InChI=1S/C15H20N2O/c1-10(2)7-14(16)15(18)13-9-17-8-11-5-3-4-6-12(11)13/h3-6,8-10,14-15,18H,7,16H2,1-2H3. The molecule has 1 aromatic carbocycles. The van der Waals surface area contributed by atoms with Crippen molar-refractivity contribution < 1.29 is 5.11 Å². The highest BCUT2D eigenvalue weighted by Gasteiger charge is 2.20. The molecule has 18 heavy (non-hydrogen) atoms. The summed E-state index contributed by atoms with van der Waals surface area (Å²) in [6.45, 7) is 4.21. The third-order valence-electron chi connectivity index (χ3n) is 3.17. The van der Waals surface area contributed by atoms with E-state index in [1.807, 2.05) is 24.3 Å². The molecule has 0 aliphatic heterocycles. The van der Waals surface area contributed by atoms with Crippen molar-refractivity contribution in [2.75, 3.05) is 0 Å².